The molecule has 0 unspecified atom stereocenters. The molecule has 0 spiro atoms. The quantitative estimate of drug-likeness (QED) is 0.544. The maximum atomic E-state index is 10.7. The van der Waals surface area contributed by atoms with E-state index in [1.807, 2.05) is 0 Å². The topological polar surface area (TPSA) is 83.8 Å². The minimum Gasteiger partial charge on any atom is -0.508 e. The van der Waals surface area contributed by atoms with Crippen LogP contribution in [0.5, 0.6) is 11.5 Å². The second-order valence-electron chi connectivity index (χ2n) is 2.58. The number of carboxylic acids is 1. The summed E-state index contributed by atoms with van der Waals surface area (Å²) in [6.07, 6.45) is 0. The summed E-state index contributed by atoms with van der Waals surface area (Å²) in [7, 11) is 0. The number of hydrogen-bond acceptors (Lipinski definition) is 4. The average Bonchev–Trinajstić information content (AvgIpc) is 2.07. The van der Waals surface area contributed by atoms with E-state index in [1.165, 1.54) is 19.1 Å². The molecule has 0 aromatic heterocycles. The molecule has 0 heterocycles. The molecule has 0 saturated carbocycles. The lowest BCUT2D eigenvalue weighted by Crippen LogP contribution is -2.06. The van der Waals surface area contributed by atoms with Gasteiger partial charge in [0.2, 0.25) is 0 Å². The first-order chi connectivity index (χ1) is 6.50. The van der Waals surface area contributed by atoms with Gasteiger partial charge in [0.25, 0.3) is 0 Å². The summed E-state index contributed by atoms with van der Waals surface area (Å²) in [6.45, 7) is 1.17. The zero-order valence-electron chi connectivity index (χ0n) is 7.35. The first-order valence-electron chi connectivity index (χ1n) is 3.75. The molecule has 0 amide bonds. The number of hydrogen-bond donors (Lipinski definition) is 2. The smallest absolute Gasteiger partial charge is 0.339 e. The first kappa shape index (κ1) is 10.0. The second kappa shape index (κ2) is 3.78. The molecule has 0 aliphatic heterocycles. The molecule has 0 aliphatic carbocycles. The maximum absolute atomic E-state index is 10.7. The number of benzene rings is 1. The average molecular weight is 196 g/mol. The number of esters is 1. The van der Waals surface area contributed by atoms with Crippen LogP contribution in [0.4, 0.5) is 0 Å². The van der Waals surface area contributed by atoms with Crippen LogP contribution in [0.3, 0.4) is 0 Å². The van der Waals surface area contributed by atoms with Crippen LogP contribution in [0.15, 0.2) is 18.2 Å². The molecule has 1 rings (SSSR count). The summed E-state index contributed by atoms with van der Waals surface area (Å²) in [4.78, 5) is 21.2. The minimum absolute atomic E-state index is 0.0807. The van der Waals surface area contributed by atoms with E-state index >= 15 is 0 Å². The van der Waals surface area contributed by atoms with Gasteiger partial charge < -0.3 is 14.9 Å². The van der Waals surface area contributed by atoms with Gasteiger partial charge in [0.05, 0.1) is 0 Å². The van der Waals surface area contributed by atoms with Crippen LogP contribution < -0.4 is 4.74 Å². The standard InChI is InChI=1S/C9H8O5/c1-5(10)14-8-3-2-6(11)4-7(8)9(12)13/h2-4,11H,1H3,(H,12,13). The van der Waals surface area contributed by atoms with Gasteiger partial charge in [0.1, 0.15) is 17.1 Å². The normalized spacial score (nSPS) is 9.50. The number of aromatic carboxylic acids is 1. The van der Waals surface area contributed by atoms with Gasteiger partial charge >= 0.3 is 11.9 Å². The van der Waals surface area contributed by atoms with Crippen LogP contribution in [-0.4, -0.2) is 22.2 Å². The van der Waals surface area contributed by atoms with E-state index in [0.29, 0.717) is 0 Å². The predicted octanol–water partition coefficient (Wildman–Crippen LogP) is 1.02. The van der Waals surface area contributed by atoms with E-state index in [0.717, 1.165) is 6.07 Å². The monoisotopic (exact) mass is 196 g/mol. The van der Waals surface area contributed by atoms with Crippen LogP contribution in [0.2, 0.25) is 0 Å². The number of phenolic OH excluding ortho intramolecular Hbond substituents is 1. The van der Waals surface area contributed by atoms with E-state index in [4.69, 9.17) is 10.2 Å². The Morgan fingerprint density at radius 3 is 2.50 bits per heavy atom. The Morgan fingerprint density at radius 2 is 2.00 bits per heavy atom. The second-order valence-corrected chi connectivity index (χ2v) is 2.58. The van der Waals surface area contributed by atoms with Gasteiger partial charge in [-0.1, -0.05) is 0 Å². The largest absolute Gasteiger partial charge is 0.508 e. The molecule has 14 heavy (non-hydrogen) atoms. The number of carboxylic acid groups (broad SMARTS) is 1. The van der Waals surface area contributed by atoms with Crippen molar-refractivity contribution < 1.29 is 24.5 Å². The first-order valence-corrected chi connectivity index (χ1v) is 3.75. The lowest BCUT2D eigenvalue weighted by Gasteiger charge is -2.05. The van der Waals surface area contributed by atoms with Gasteiger partial charge in [-0.05, 0) is 18.2 Å². The van der Waals surface area contributed by atoms with Crippen molar-refractivity contribution in [3.63, 3.8) is 0 Å². The number of ether oxygens (including phenoxy) is 1. The number of carbonyl (C=O) groups is 2. The van der Waals surface area contributed by atoms with Crippen LogP contribution in [-0.2, 0) is 4.79 Å². The van der Waals surface area contributed by atoms with E-state index in [2.05, 4.69) is 4.74 Å². The molecule has 74 valence electrons. The number of phenols is 1. The Balaban J connectivity index is 3.14. The van der Waals surface area contributed by atoms with Gasteiger partial charge in [0.15, 0.2) is 0 Å². The molecule has 0 radical (unpaired) electrons. The molecule has 0 saturated heterocycles. The molecule has 5 nitrogen and oxygen atoms in total. The van der Waals surface area contributed by atoms with E-state index < -0.39 is 11.9 Å². The highest BCUT2D eigenvalue weighted by atomic mass is 16.5. The van der Waals surface area contributed by atoms with Crippen molar-refractivity contribution in [2.45, 2.75) is 6.92 Å². The fourth-order valence-electron chi connectivity index (χ4n) is 0.929. The van der Waals surface area contributed by atoms with Gasteiger partial charge in [-0.15, -0.1) is 0 Å². The summed E-state index contributed by atoms with van der Waals surface area (Å²) >= 11 is 0. The summed E-state index contributed by atoms with van der Waals surface area (Å²) in [5, 5.41) is 17.7. The Bertz CT molecular complexity index is 383. The van der Waals surface area contributed by atoms with Crippen LogP contribution >= 0.6 is 0 Å². The summed E-state index contributed by atoms with van der Waals surface area (Å²) in [5.41, 5.74) is -0.250. The fourth-order valence-corrected chi connectivity index (χ4v) is 0.929. The lowest BCUT2D eigenvalue weighted by molar-refractivity contribution is -0.131. The molecule has 5 heteroatoms. The van der Waals surface area contributed by atoms with Crippen LogP contribution in [0, 0.1) is 0 Å². The van der Waals surface area contributed by atoms with Crippen molar-refractivity contribution in [2.24, 2.45) is 0 Å². The highest BCUT2D eigenvalue weighted by molar-refractivity contribution is 5.92. The number of carbonyl (C=O) groups excluding carboxylic acids is 1. The van der Waals surface area contributed by atoms with Crippen molar-refractivity contribution in [1.82, 2.24) is 0 Å². The van der Waals surface area contributed by atoms with Crippen molar-refractivity contribution >= 4 is 11.9 Å². The van der Waals surface area contributed by atoms with Crippen molar-refractivity contribution in [2.75, 3.05) is 0 Å². The summed E-state index contributed by atoms with van der Waals surface area (Å²) < 4.78 is 4.63. The maximum Gasteiger partial charge on any atom is 0.339 e. The van der Waals surface area contributed by atoms with Crippen molar-refractivity contribution in [3.8, 4) is 11.5 Å². The van der Waals surface area contributed by atoms with Gasteiger partial charge in [-0.25, -0.2) is 4.79 Å². The predicted molar refractivity (Wildman–Crippen MR) is 46.4 cm³/mol. The summed E-state index contributed by atoms with van der Waals surface area (Å²) in [6, 6.07) is 3.48. The molecule has 0 fully saturated rings. The van der Waals surface area contributed by atoms with Crippen LogP contribution in [0.25, 0.3) is 0 Å². The van der Waals surface area contributed by atoms with E-state index in [-0.39, 0.29) is 17.1 Å². The molecule has 1 aromatic carbocycles. The van der Waals surface area contributed by atoms with Crippen LogP contribution in [0.1, 0.15) is 17.3 Å². The third kappa shape index (κ3) is 2.22. The molecule has 0 aliphatic rings. The Hall–Kier alpha value is -2.04. The Kier molecular flexibility index (Phi) is 2.71. The third-order valence-corrected chi connectivity index (χ3v) is 1.45. The van der Waals surface area contributed by atoms with Crippen molar-refractivity contribution in [3.05, 3.63) is 23.8 Å². The Morgan fingerprint density at radius 1 is 1.36 bits per heavy atom. The lowest BCUT2D eigenvalue weighted by atomic mass is 10.2. The van der Waals surface area contributed by atoms with Crippen molar-refractivity contribution in [1.29, 1.82) is 0 Å². The zero-order valence-corrected chi connectivity index (χ0v) is 7.35. The Labute approximate surface area is 79.6 Å². The molecule has 0 bridgehead atoms. The van der Waals surface area contributed by atoms with Gasteiger partial charge in [-0.2, -0.15) is 0 Å². The van der Waals surface area contributed by atoms with Gasteiger partial charge in [-0.3, -0.25) is 4.79 Å². The molecule has 0 atom stereocenters. The SMILES string of the molecule is CC(=O)Oc1ccc(O)cc1C(=O)O. The highest BCUT2D eigenvalue weighted by Crippen LogP contribution is 2.23. The number of aromatic hydroxyl groups is 1. The highest BCUT2D eigenvalue weighted by Gasteiger charge is 2.13. The molecule has 1 aromatic rings. The third-order valence-electron chi connectivity index (χ3n) is 1.45. The molecular formula is C9H8O5. The molecular weight excluding hydrogens is 188 g/mol. The van der Waals surface area contributed by atoms with E-state index in [9.17, 15) is 9.59 Å². The zero-order chi connectivity index (χ0) is 10.7. The summed E-state index contributed by atoms with van der Waals surface area (Å²) in [5.74, 6) is -2.16. The number of rotatable bonds is 2. The minimum atomic E-state index is -1.27. The fraction of sp³-hybridized carbons (Fsp3) is 0.111. The molecule has 2 N–H and O–H groups in total. The van der Waals surface area contributed by atoms with Gasteiger partial charge in [0, 0.05) is 6.92 Å². The van der Waals surface area contributed by atoms with E-state index in [1.54, 1.807) is 0 Å².